The first-order valence-electron chi connectivity index (χ1n) is 3.22. The minimum Gasteiger partial charge on any atom is -0.399 e. The van der Waals surface area contributed by atoms with Gasteiger partial charge >= 0.3 is 0 Å². The number of nitrogen functional groups attached to an aromatic ring is 1. The number of hydrogen-bond donors (Lipinski definition) is 2. The van der Waals surface area contributed by atoms with Gasteiger partial charge in [-0.3, -0.25) is 4.55 Å². The summed E-state index contributed by atoms with van der Waals surface area (Å²) in [6.45, 7) is 0. The van der Waals surface area contributed by atoms with E-state index in [1.807, 2.05) is 0 Å². The highest BCUT2D eigenvalue weighted by Crippen LogP contribution is 2.17. The number of hydrogen-bond acceptors (Lipinski definition) is 4. The van der Waals surface area contributed by atoms with Crippen LogP contribution in [0.25, 0.3) is 0 Å². The van der Waals surface area contributed by atoms with Crippen molar-refractivity contribution in [3.8, 4) is 6.07 Å². The van der Waals surface area contributed by atoms with Crippen LogP contribution >= 0.6 is 0 Å². The summed E-state index contributed by atoms with van der Waals surface area (Å²) >= 11 is 0. The number of benzene rings is 1. The average molecular weight is 198 g/mol. The molecule has 0 fully saturated rings. The second-order valence-corrected chi connectivity index (χ2v) is 3.73. The molecule has 0 aliphatic heterocycles. The highest BCUT2D eigenvalue weighted by molar-refractivity contribution is 7.85. The van der Waals surface area contributed by atoms with Gasteiger partial charge in [-0.15, -0.1) is 0 Å². The van der Waals surface area contributed by atoms with Crippen molar-refractivity contribution in [2.75, 3.05) is 5.73 Å². The summed E-state index contributed by atoms with van der Waals surface area (Å²) in [6.07, 6.45) is 0. The Kier molecular flexibility index (Phi) is 2.23. The van der Waals surface area contributed by atoms with Crippen molar-refractivity contribution in [1.82, 2.24) is 0 Å². The maximum Gasteiger partial charge on any atom is 0.295 e. The second-order valence-electron chi connectivity index (χ2n) is 2.34. The van der Waals surface area contributed by atoms with E-state index >= 15 is 0 Å². The Hall–Kier alpha value is -1.58. The van der Waals surface area contributed by atoms with Crippen molar-refractivity contribution >= 4 is 15.8 Å². The average Bonchev–Trinajstić information content (AvgIpc) is 2.01. The van der Waals surface area contributed by atoms with E-state index in [1.165, 1.54) is 12.1 Å². The van der Waals surface area contributed by atoms with Crippen LogP contribution in [0.5, 0.6) is 0 Å². The minimum atomic E-state index is -4.34. The van der Waals surface area contributed by atoms with E-state index in [4.69, 9.17) is 15.5 Å². The van der Waals surface area contributed by atoms with E-state index in [0.717, 1.165) is 6.07 Å². The standard InChI is InChI=1S/C7H6N2O3S/c8-4-5-3-6(9)1-2-7(5)13(10,11)12/h1-3H,9H2,(H,10,11,12). The Morgan fingerprint density at radius 1 is 1.46 bits per heavy atom. The third-order valence-electron chi connectivity index (χ3n) is 1.40. The van der Waals surface area contributed by atoms with Gasteiger partial charge in [-0.1, -0.05) is 0 Å². The molecule has 0 aliphatic carbocycles. The van der Waals surface area contributed by atoms with E-state index in [2.05, 4.69) is 0 Å². The molecular weight excluding hydrogens is 192 g/mol. The fraction of sp³-hybridized carbons (Fsp3) is 0. The van der Waals surface area contributed by atoms with E-state index < -0.39 is 15.0 Å². The molecule has 0 spiro atoms. The van der Waals surface area contributed by atoms with Gasteiger partial charge in [0, 0.05) is 5.69 Å². The molecule has 1 aromatic rings. The predicted octanol–water partition coefficient (Wildman–Crippen LogP) is 0.387. The SMILES string of the molecule is N#Cc1cc(N)ccc1S(=O)(=O)O. The Labute approximate surface area is 75.2 Å². The summed E-state index contributed by atoms with van der Waals surface area (Å²) in [7, 11) is -4.34. The van der Waals surface area contributed by atoms with Crippen LogP contribution in [-0.2, 0) is 10.1 Å². The summed E-state index contributed by atoms with van der Waals surface area (Å²) < 4.78 is 30.0. The molecule has 1 aromatic carbocycles. The summed E-state index contributed by atoms with van der Waals surface area (Å²) in [4.78, 5) is -0.427. The molecule has 0 amide bonds. The molecule has 1 rings (SSSR count). The first kappa shape index (κ1) is 9.51. The first-order valence-corrected chi connectivity index (χ1v) is 4.66. The molecule has 0 aromatic heterocycles. The molecule has 0 saturated heterocycles. The number of nitrogens with zero attached hydrogens (tertiary/aromatic N) is 1. The lowest BCUT2D eigenvalue weighted by atomic mass is 10.2. The van der Waals surface area contributed by atoms with Gasteiger partial charge in [-0.05, 0) is 18.2 Å². The third kappa shape index (κ3) is 1.96. The highest BCUT2D eigenvalue weighted by Gasteiger charge is 2.14. The summed E-state index contributed by atoms with van der Waals surface area (Å²) in [6, 6.07) is 5.19. The zero-order chi connectivity index (χ0) is 10.1. The second kappa shape index (κ2) is 3.05. The van der Waals surface area contributed by atoms with Gasteiger partial charge in [0.2, 0.25) is 0 Å². The Balaban J connectivity index is 3.50. The van der Waals surface area contributed by atoms with Gasteiger partial charge < -0.3 is 5.73 Å². The van der Waals surface area contributed by atoms with Gasteiger partial charge in [0.15, 0.2) is 0 Å². The molecule has 0 saturated carbocycles. The van der Waals surface area contributed by atoms with Gasteiger partial charge in [-0.25, -0.2) is 0 Å². The smallest absolute Gasteiger partial charge is 0.295 e. The van der Waals surface area contributed by atoms with Crippen LogP contribution in [0.1, 0.15) is 5.56 Å². The zero-order valence-electron chi connectivity index (χ0n) is 6.43. The molecular formula is C7H6N2O3S. The summed E-state index contributed by atoms with van der Waals surface area (Å²) in [5.74, 6) is 0. The minimum absolute atomic E-state index is 0.164. The van der Waals surface area contributed by atoms with E-state index in [1.54, 1.807) is 6.07 Å². The molecule has 0 bridgehead atoms. The summed E-state index contributed by atoms with van der Waals surface area (Å²) in [5.41, 5.74) is 5.42. The summed E-state index contributed by atoms with van der Waals surface area (Å²) in [5, 5.41) is 8.53. The van der Waals surface area contributed by atoms with Gasteiger partial charge in [0.25, 0.3) is 10.1 Å². The predicted molar refractivity (Wildman–Crippen MR) is 45.4 cm³/mol. The van der Waals surface area contributed by atoms with Crippen molar-refractivity contribution in [3.63, 3.8) is 0 Å². The van der Waals surface area contributed by atoms with Crippen molar-refractivity contribution in [2.45, 2.75) is 4.90 Å². The Morgan fingerprint density at radius 2 is 2.08 bits per heavy atom. The van der Waals surface area contributed by atoms with Crippen LogP contribution in [0.2, 0.25) is 0 Å². The number of nitrogens with two attached hydrogens (primary N) is 1. The van der Waals surface area contributed by atoms with Crippen LogP contribution in [0.3, 0.4) is 0 Å². The largest absolute Gasteiger partial charge is 0.399 e. The fourth-order valence-corrected chi connectivity index (χ4v) is 1.48. The van der Waals surface area contributed by atoms with E-state index in [0.29, 0.717) is 0 Å². The third-order valence-corrected chi connectivity index (χ3v) is 2.31. The topological polar surface area (TPSA) is 104 Å². The van der Waals surface area contributed by atoms with Gasteiger partial charge in [0.1, 0.15) is 11.0 Å². The van der Waals surface area contributed by atoms with Crippen LogP contribution in [0.4, 0.5) is 5.69 Å². The maximum atomic E-state index is 10.7. The number of rotatable bonds is 1. The Morgan fingerprint density at radius 3 is 2.54 bits per heavy atom. The number of anilines is 1. The quantitative estimate of drug-likeness (QED) is 0.501. The monoisotopic (exact) mass is 198 g/mol. The number of nitriles is 1. The van der Waals surface area contributed by atoms with Crippen LogP contribution < -0.4 is 5.73 Å². The fourth-order valence-electron chi connectivity index (χ4n) is 0.860. The molecule has 68 valence electrons. The molecule has 0 atom stereocenters. The van der Waals surface area contributed by atoms with E-state index in [-0.39, 0.29) is 11.3 Å². The lowest BCUT2D eigenvalue weighted by Gasteiger charge is -2.00. The maximum absolute atomic E-state index is 10.7. The van der Waals surface area contributed by atoms with Gasteiger partial charge in [0.05, 0.1) is 5.56 Å². The lowest BCUT2D eigenvalue weighted by Crippen LogP contribution is -2.01. The van der Waals surface area contributed by atoms with Crippen molar-refractivity contribution in [1.29, 1.82) is 5.26 Å². The van der Waals surface area contributed by atoms with E-state index in [9.17, 15) is 8.42 Å². The highest BCUT2D eigenvalue weighted by atomic mass is 32.2. The van der Waals surface area contributed by atoms with Crippen LogP contribution in [-0.4, -0.2) is 13.0 Å². The molecule has 0 radical (unpaired) electrons. The lowest BCUT2D eigenvalue weighted by molar-refractivity contribution is 0.483. The van der Waals surface area contributed by atoms with Gasteiger partial charge in [-0.2, -0.15) is 13.7 Å². The van der Waals surface area contributed by atoms with Crippen molar-refractivity contribution in [3.05, 3.63) is 23.8 Å². The molecule has 0 unspecified atom stereocenters. The Bertz CT molecular complexity index is 473. The molecule has 5 nitrogen and oxygen atoms in total. The first-order chi connectivity index (χ1) is 5.95. The molecule has 0 aliphatic rings. The molecule has 6 heteroatoms. The molecule has 0 heterocycles. The van der Waals surface area contributed by atoms with Crippen molar-refractivity contribution in [2.24, 2.45) is 0 Å². The normalized spacial score (nSPS) is 10.8. The zero-order valence-corrected chi connectivity index (χ0v) is 7.25. The molecule has 13 heavy (non-hydrogen) atoms. The van der Waals surface area contributed by atoms with Crippen LogP contribution in [0.15, 0.2) is 23.1 Å². The van der Waals surface area contributed by atoms with Crippen molar-refractivity contribution < 1.29 is 13.0 Å². The van der Waals surface area contributed by atoms with Crippen LogP contribution in [0, 0.1) is 11.3 Å². The molecule has 3 N–H and O–H groups in total.